The van der Waals surface area contributed by atoms with Crippen LogP contribution in [0.3, 0.4) is 0 Å². The Morgan fingerprint density at radius 3 is 1.03 bits per heavy atom. The molecule has 1 amide bonds. The molecule has 17 unspecified atom stereocenters. The number of amides is 1. The molecule has 0 aliphatic carbocycles. The van der Waals surface area contributed by atoms with E-state index in [0.717, 1.165) is 116 Å². The van der Waals surface area contributed by atoms with E-state index in [9.17, 15) is 61.0 Å². The third-order valence-electron chi connectivity index (χ3n) is 20.1. The fraction of sp³-hybridized carbons (Fsp3) is 0.779. The molecule has 19 nitrogen and oxygen atoms in total. The lowest BCUT2D eigenvalue weighted by Crippen LogP contribution is -2.66. The first-order chi connectivity index (χ1) is 51.3. The highest BCUT2D eigenvalue weighted by molar-refractivity contribution is 5.76. The fourth-order valence-corrected chi connectivity index (χ4v) is 13.5. The van der Waals surface area contributed by atoms with Crippen molar-refractivity contribution in [3.05, 3.63) is 109 Å². The van der Waals surface area contributed by atoms with Crippen LogP contribution < -0.4 is 5.32 Å². The first-order valence-electron chi connectivity index (χ1n) is 41.6. The topological polar surface area (TPSA) is 307 Å². The lowest BCUT2D eigenvalue weighted by molar-refractivity contribution is -0.379. The summed E-state index contributed by atoms with van der Waals surface area (Å²) in [4.78, 5) is 13.5. The second-order valence-corrected chi connectivity index (χ2v) is 29.2. The Bertz CT molecular complexity index is 2320. The van der Waals surface area contributed by atoms with Crippen molar-refractivity contribution in [2.24, 2.45) is 0 Å². The molecule has 3 aliphatic rings. The van der Waals surface area contributed by atoms with Crippen LogP contribution in [-0.2, 0) is 33.2 Å². The molecular weight excluding hydrogens is 1330 g/mol. The molecule has 3 rings (SSSR count). The maximum absolute atomic E-state index is 13.5. The smallest absolute Gasteiger partial charge is 0.220 e. The Labute approximate surface area is 634 Å². The summed E-state index contributed by atoms with van der Waals surface area (Å²) in [6.45, 7) is 1.71. The van der Waals surface area contributed by atoms with Crippen molar-refractivity contribution < 1.29 is 89.4 Å². The molecule has 3 heterocycles. The summed E-state index contributed by atoms with van der Waals surface area (Å²) in [7, 11) is 0. The highest BCUT2D eigenvalue weighted by atomic mass is 16.8. The Hall–Kier alpha value is -3.55. The normalized spacial score (nSPS) is 26.4. The van der Waals surface area contributed by atoms with Gasteiger partial charge in [-0.3, -0.25) is 4.79 Å². The quantitative estimate of drug-likeness (QED) is 0.0199. The number of ether oxygens (including phenoxy) is 6. The van der Waals surface area contributed by atoms with Gasteiger partial charge >= 0.3 is 0 Å². The zero-order valence-corrected chi connectivity index (χ0v) is 64.9. The van der Waals surface area contributed by atoms with Gasteiger partial charge in [-0.05, 0) is 83.5 Å². The van der Waals surface area contributed by atoms with Crippen LogP contribution in [0.2, 0.25) is 0 Å². The van der Waals surface area contributed by atoms with Crippen molar-refractivity contribution in [2.45, 2.75) is 401 Å². The third kappa shape index (κ3) is 44.8. The molecule has 105 heavy (non-hydrogen) atoms. The Kier molecular flexibility index (Phi) is 59.4. The van der Waals surface area contributed by atoms with E-state index in [1.807, 2.05) is 0 Å². The van der Waals surface area contributed by atoms with E-state index < -0.39 is 124 Å². The van der Waals surface area contributed by atoms with Gasteiger partial charge in [0.25, 0.3) is 0 Å². The van der Waals surface area contributed by atoms with Crippen molar-refractivity contribution in [3.8, 4) is 0 Å². The number of nitrogens with one attached hydrogen (secondary N) is 1. The molecule has 606 valence electrons. The number of aliphatic hydroxyl groups excluding tert-OH is 11. The lowest BCUT2D eigenvalue weighted by atomic mass is 9.96. The van der Waals surface area contributed by atoms with E-state index >= 15 is 0 Å². The minimum absolute atomic E-state index is 0.250. The first kappa shape index (κ1) is 95.7. The minimum atomic E-state index is -1.98. The standard InChI is InChI=1S/C86H149NO18/c1-3-5-7-9-11-13-15-17-19-21-23-25-27-28-29-30-31-32-33-34-35-36-37-38-39-40-42-44-46-48-50-52-54-56-58-60-62-64-74(92)87-69(70(91)63-61-59-57-55-53-51-49-47-45-43-41-26-24-22-20-18-16-14-12-10-8-6-4-2)68-100-84-80(98)77(95)82(72(66-89)102-84)105-86-81(99)78(96)83(73(67-90)103-86)104-85-79(97)76(94)75(93)71(65-88)101-85/h5,7,11,13,17,19,23,25,28-29,31-32,34-35,37-38,40,42,69-73,75-86,88-91,93-99H,3-4,6,8-10,12,14-16,18,20-22,24,26-27,30,33,36,39,41,43-68H2,1-2H3,(H,87,92)/b7-5-,13-11-,19-17-,25-23-,29-28-,32-31-,35-34-,38-37-,42-40-. The van der Waals surface area contributed by atoms with Gasteiger partial charge in [-0.15, -0.1) is 0 Å². The Morgan fingerprint density at radius 2 is 0.657 bits per heavy atom. The van der Waals surface area contributed by atoms with Crippen LogP contribution in [0.15, 0.2) is 109 Å². The molecule has 17 atom stereocenters. The van der Waals surface area contributed by atoms with Crippen molar-refractivity contribution in [3.63, 3.8) is 0 Å². The summed E-state index contributed by atoms with van der Waals surface area (Å²) in [5.41, 5.74) is 0. The zero-order chi connectivity index (χ0) is 76.0. The summed E-state index contributed by atoms with van der Waals surface area (Å²) in [6, 6.07) is -0.900. The number of aliphatic hydroxyl groups is 11. The Balaban J connectivity index is 1.35. The molecule has 19 heteroatoms. The number of carbonyl (C=O) groups excluding carboxylic acids is 1. The van der Waals surface area contributed by atoms with E-state index in [1.54, 1.807) is 0 Å². The van der Waals surface area contributed by atoms with Crippen molar-refractivity contribution >= 4 is 5.91 Å². The highest BCUT2D eigenvalue weighted by Crippen LogP contribution is 2.33. The summed E-state index contributed by atoms with van der Waals surface area (Å²) < 4.78 is 34.5. The van der Waals surface area contributed by atoms with Crippen LogP contribution in [0.5, 0.6) is 0 Å². The van der Waals surface area contributed by atoms with Gasteiger partial charge in [-0.25, -0.2) is 0 Å². The maximum atomic E-state index is 13.5. The van der Waals surface area contributed by atoms with E-state index in [4.69, 9.17) is 28.4 Å². The van der Waals surface area contributed by atoms with Crippen LogP contribution in [-0.4, -0.2) is 193 Å². The van der Waals surface area contributed by atoms with E-state index in [0.29, 0.717) is 12.8 Å². The second-order valence-electron chi connectivity index (χ2n) is 29.2. The van der Waals surface area contributed by atoms with E-state index in [2.05, 4.69) is 129 Å². The number of hydrogen-bond donors (Lipinski definition) is 12. The molecule has 0 aromatic carbocycles. The number of unbranched alkanes of at least 4 members (excludes halogenated alkanes) is 31. The predicted molar refractivity (Wildman–Crippen MR) is 420 cm³/mol. The van der Waals surface area contributed by atoms with Gasteiger partial charge in [0.2, 0.25) is 5.91 Å². The average molecular weight is 1490 g/mol. The summed E-state index contributed by atoms with van der Waals surface area (Å²) >= 11 is 0. The van der Waals surface area contributed by atoms with Crippen LogP contribution in [0.4, 0.5) is 0 Å². The molecular formula is C86H149NO18. The maximum Gasteiger partial charge on any atom is 0.220 e. The average Bonchev–Trinajstić information content (AvgIpc) is 0.779. The van der Waals surface area contributed by atoms with Gasteiger partial charge in [0.1, 0.15) is 73.2 Å². The van der Waals surface area contributed by atoms with Crippen LogP contribution in [0, 0.1) is 0 Å². The molecule has 3 saturated heterocycles. The molecule has 12 N–H and O–H groups in total. The van der Waals surface area contributed by atoms with Crippen molar-refractivity contribution in [1.29, 1.82) is 0 Å². The number of allylic oxidation sites excluding steroid dienone is 18. The van der Waals surface area contributed by atoms with Crippen LogP contribution in [0.25, 0.3) is 0 Å². The molecule has 0 aromatic rings. The lowest BCUT2D eigenvalue weighted by Gasteiger charge is -2.48. The summed E-state index contributed by atoms with van der Waals surface area (Å²) in [6.07, 6.45) is 63.1. The number of hydrogen-bond acceptors (Lipinski definition) is 18. The number of rotatable bonds is 65. The van der Waals surface area contributed by atoms with Crippen molar-refractivity contribution in [1.82, 2.24) is 5.32 Å². The van der Waals surface area contributed by atoms with Crippen LogP contribution >= 0.6 is 0 Å². The fourth-order valence-electron chi connectivity index (χ4n) is 13.5. The van der Waals surface area contributed by atoms with Gasteiger partial charge in [0, 0.05) is 6.42 Å². The number of carbonyl (C=O) groups is 1. The van der Waals surface area contributed by atoms with Gasteiger partial charge < -0.3 is 89.9 Å². The highest BCUT2D eigenvalue weighted by Gasteiger charge is 2.54. The van der Waals surface area contributed by atoms with E-state index in [1.165, 1.54) is 148 Å². The molecule has 0 spiro atoms. The molecule has 0 saturated carbocycles. The van der Waals surface area contributed by atoms with Gasteiger partial charge in [0.05, 0.1) is 38.6 Å². The summed E-state index contributed by atoms with van der Waals surface area (Å²) in [5.74, 6) is -0.250. The second kappa shape index (κ2) is 65.2. The minimum Gasteiger partial charge on any atom is -0.394 e. The summed E-state index contributed by atoms with van der Waals surface area (Å²) in [5, 5.41) is 121. The van der Waals surface area contributed by atoms with Crippen molar-refractivity contribution in [2.75, 3.05) is 26.4 Å². The SMILES string of the molecule is CC/C=C\C/C=C\C/C=C\C/C=C\C/C=C\C/C=C\C/C=C\C/C=C\C/C=C\CCCCCCCCCCCC(=O)NC(COC1OC(CO)C(OC2OC(CO)C(OC3OC(CO)C(O)C(O)C3O)C(O)C2O)C(O)C1O)C(O)CCCCCCCCCCCCCCCCCCCCCCCCC. The third-order valence-corrected chi connectivity index (χ3v) is 20.1. The molecule has 3 fully saturated rings. The zero-order valence-electron chi connectivity index (χ0n) is 64.9. The molecule has 0 radical (unpaired) electrons. The van der Waals surface area contributed by atoms with Gasteiger partial charge in [0.15, 0.2) is 18.9 Å². The van der Waals surface area contributed by atoms with Gasteiger partial charge in [-0.2, -0.15) is 0 Å². The predicted octanol–water partition coefficient (Wildman–Crippen LogP) is 14.5. The van der Waals surface area contributed by atoms with Gasteiger partial charge in [-0.1, -0.05) is 316 Å². The largest absolute Gasteiger partial charge is 0.394 e. The first-order valence-corrected chi connectivity index (χ1v) is 41.6. The molecule has 0 bridgehead atoms. The molecule has 0 aromatic heterocycles. The molecule has 3 aliphatic heterocycles. The monoisotopic (exact) mass is 1480 g/mol. The van der Waals surface area contributed by atoms with E-state index in [-0.39, 0.29) is 18.9 Å². The van der Waals surface area contributed by atoms with Crippen LogP contribution in [0.1, 0.15) is 296 Å². The Morgan fingerprint density at radius 1 is 0.352 bits per heavy atom.